The quantitative estimate of drug-likeness (QED) is 0.443. The van der Waals surface area contributed by atoms with Gasteiger partial charge in [0.1, 0.15) is 12.4 Å². The van der Waals surface area contributed by atoms with Crippen LogP contribution in [0.3, 0.4) is 0 Å². The van der Waals surface area contributed by atoms with Crippen LogP contribution >= 0.6 is 11.3 Å². The van der Waals surface area contributed by atoms with Crippen molar-refractivity contribution in [1.82, 2.24) is 9.80 Å². The van der Waals surface area contributed by atoms with Crippen molar-refractivity contribution in [2.24, 2.45) is 0 Å². The lowest BCUT2D eigenvalue weighted by atomic mass is 9.85. The van der Waals surface area contributed by atoms with Crippen LogP contribution in [0.4, 0.5) is 4.39 Å². The summed E-state index contributed by atoms with van der Waals surface area (Å²) >= 11 is 1.73. The van der Waals surface area contributed by atoms with Crippen molar-refractivity contribution in [3.63, 3.8) is 0 Å². The molecule has 2 amide bonds. The Labute approximate surface area is 210 Å². The zero-order valence-corrected chi connectivity index (χ0v) is 21.3. The summed E-state index contributed by atoms with van der Waals surface area (Å²) < 4.78 is 14.4. The van der Waals surface area contributed by atoms with Gasteiger partial charge in [-0.1, -0.05) is 57.2 Å². The minimum atomic E-state index is -0.548. The first-order valence-electron chi connectivity index (χ1n) is 12.3. The number of carbonyl (C=O) groups excluding carboxylic acids is 2. The highest BCUT2D eigenvalue weighted by Crippen LogP contribution is 2.39. The molecule has 1 aliphatic carbocycles. The van der Waals surface area contributed by atoms with Crippen molar-refractivity contribution < 1.29 is 14.0 Å². The number of carbonyl (C=O) groups is 2. The zero-order valence-electron chi connectivity index (χ0n) is 20.5. The maximum absolute atomic E-state index is 14.4. The molecule has 4 nitrogen and oxygen atoms in total. The van der Waals surface area contributed by atoms with Crippen LogP contribution in [0.2, 0.25) is 0 Å². The van der Waals surface area contributed by atoms with E-state index in [0.717, 1.165) is 30.4 Å². The molecule has 1 unspecified atom stereocenters. The maximum Gasteiger partial charge on any atom is 0.257 e. The number of rotatable bonds is 5. The Kier molecular flexibility index (Phi) is 6.26. The topological polar surface area (TPSA) is 40.6 Å². The van der Waals surface area contributed by atoms with Gasteiger partial charge in [0.05, 0.1) is 11.6 Å². The highest BCUT2D eigenvalue weighted by molar-refractivity contribution is 7.10. The molecule has 0 radical (unpaired) electrons. The summed E-state index contributed by atoms with van der Waals surface area (Å²) in [4.78, 5) is 31.8. The molecule has 2 heterocycles. The Balaban J connectivity index is 1.43. The lowest BCUT2D eigenvalue weighted by Crippen LogP contribution is -2.47. The normalized spacial score (nSPS) is 17.7. The Bertz CT molecular complexity index is 1240. The molecule has 1 saturated carbocycles. The molecule has 6 heteroatoms. The summed E-state index contributed by atoms with van der Waals surface area (Å²) in [5, 5.41) is 2.09. The molecule has 0 spiro atoms. The summed E-state index contributed by atoms with van der Waals surface area (Å²) in [6.45, 7) is 7.13. The number of nitrogens with zero attached hydrogens (tertiary/aromatic N) is 2. The molecule has 1 fully saturated rings. The zero-order chi connectivity index (χ0) is 24.7. The highest BCUT2D eigenvalue weighted by atomic mass is 32.1. The van der Waals surface area contributed by atoms with Gasteiger partial charge in [0.25, 0.3) is 5.91 Å². The van der Waals surface area contributed by atoms with Crippen LogP contribution in [-0.4, -0.2) is 40.7 Å². The number of halogens is 1. The van der Waals surface area contributed by atoms with Crippen LogP contribution in [0.1, 0.15) is 71.6 Å². The summed E-state index contributed by atoms with van der Waals surface area (Å²) in [6.07, 6.45) is 2.50. The van der Waals surface area contributed by atoms with E-state index in [1.165, 1.54) is 22.6 Å². The predicted octanol–water partition coefficient (Wildman–Crippen LogP) is 5.96. The molecule has 182 valence electrons. The van der Waals surface area contributed by atoms with Gasteiger partial charge < -0.3 is 9.80 Å². The van der Waals surface area contributed by atoms with Gasteiger partial charge in [-0.05, 0) is 64.9 Å². The fourth-order valence-electron chi connectivity index (χ4n) is 4.89. The lowest BCUT2D eigenvalue weighted by molar-refractivity contribution is -0.134. The smallest absolute Gasteiger partial charge is 0.257 e. The molecule has 1 aliphatic heterocycles. The lowest BCUT2D eigenvalue weighted by Gasteiger charge is -2.38. The van der Waals surface area contributed by atoms with Crippen molar-refractivity contribution in [2.75, 3.05) is 13.1 Å². The van der Waals surface area contributed by atoms with Gasteiger partial charge in [-0.15, -0.1) is 11.3 Å². The van der Waals surface area contributed by atoms with E-state index in [-0.39, 0.29) is 35.5 Å². The van der Waals surface area contributed by atoms with E-state index in [1.807, 2.05) is 4.90 Å². The summed E-state index contributed by atoms with van der Waals surface area (Å²) in [5.41, 5.74) is 3.56. The Morgan fingerprint density at radius 1 is 1.06 bits per heavy atom. The number of thiophene rings is 1. The molecule has 1 aromatic heterocycles. The van der Waals surface area contributed by atoms with Crippen molar-refractivity contribution in [2.45, 2.75) is 57.5 Å². The van der Waals surface area contributed by atoms with Crippen molar-refractivity contribution in [3.8, 4) is 0 Å². The number of fused-ring (bicyclic) bond motifs is 1. The average molecular weight is 491 g/mol. The van der Waals surface area contributed by atoms with Crippen LogP contribution in [-0.2, 0) is 16.6 Å². The standard InChI is InChI=1S/C29H31FN2O2S/c1-29(2,3)20-10-8-19(9-11-20)27-23-15-17-35-25(23)14-16-31(27)26(33)18-32(21-12-13-21)28(34)22-6-4-5-7-24(22)30/h4-11,15,17,21,27H,12-14,16,18H2,1-3H3. The predicted molar refractivity (Wildman–Crippen MR) is 137 cm³/mol. The van der Waals surface area contributed by atoms with Crippen LogP contribution in [0.15, 0.2) is 60.0 Å². The van der Waals surface area contributed by atoms with E-state index < -0.39 is 11.7 Å². The monoisotopic (exact) mass is 490 g/mol. The second kappa shape index (κ2) is 9.23. The molecular weight excluding hydrogens is 459 g/mol. The first-order chi connectivity index (χ1) is 16.7. The molecule has 0 N–H and O–H groups in total. The molecule has 3 aromatic rings. The van der Waals surface area contributed by atoms with Gasteiger partial charge in [-0.25, -0.2) is 4.39 Å². The van der Waals surface area contributed by atoms with Crippen molar-refractivity contribution >= 4 is 23.2 Å². The number of hydrogen-bond donors (Lipinski definition) is 0. The third-order valence-electron chi connectivity index (χ3n) is 7.04. The van der Waals surface area contributed by atoms with Gasteiger partial charge in [-0.3, -0.25) is 9.59 Å². The molecule has 2 aliphatic rings. The van der Waals surface area contributed by atoms with E-state index >= 15 is 0 Å². The minimum Gasteiger partial charge on any atom is -0.330 e. The molecule has 2 aromatic carbocycles. The van der Waals surface area contributed by atoms with E-state index in [1.54, 1.807) is 28.4 Å². The fraction of sp³-hybridized carbons (Fsp3) is 0.379. The Hall–Kier alpha value is -2.99. The van der Waals surface area contributed by atoms with Crippen LogP contribution in [0, 0.1) is 5.82 Å². The summed E-state index contributed by atoms with van der Waals surface area (Å²) in [6, 6.07) is 16.5. The van der Waals surface area contributed by atoms with Crippen LogP contribution in [0.25, 0.3) is 0 Å². The number of benzene rings is 2. The van der Waals surface area contributed by atoms with Gasteiger partial charge in [0.15, 0.2) is 0 Å². The minimum absolute atomic E-state index is 0.00271. The van der Waals surface area contributed by atoms with Crippen LogP contribution < -0.4 is 0 Å². The summed E-state index contributed by atoms with van der Waals surface area (Å²) in [5.74, 6) is -1.05. The molecule has 1 atom stereocenters. The van der Waals surface area contributed by atoms with E-state index in [9.17, 15) is 14.0 Å². The number of hydrogen-bond acceptors (Lipinski definition) is 3. The number of amides is 2. The van der Waals surface area contributed by atoms with E-state index in [0.29, 0.717) is 6.54 Å². The van der Waals surface area contributed by atoms with Gasteiger partial charge >= 0.3 is 0 Å². The highest BCUT2D eigenvalue weighted by Gasteiger charge is 2.39. The molecule has 0 bridgehead atoms. The van der Waals surface area contributed by atoms with Gasteiger partial charge in [-0.2, -0.15) is 0 Å². The van der Waals surface area contributed by atoms with Gasteiger partial charge in [0, 0.05) is 17.5 Å². The summed E-state index contributed by atoms with van der Waals surface area (Å²) in [7, 11) is 0. The SMILES string of the molecule is CC(C)(C)c1ccc(C2c3ccsc3CCN2C(=O)CN(C(=O)c2ccccc2F)C2CC2)cc1. The average Bonchev–Trinajstić information content (AvgIpc) is 3.57. The Morgan fingerprint density at radius 3 is 2.43 bits per heavy atom. The van der Waals surface area contributed by atoms with Crippen molar-refractivity contribution in [1.29, 1.82) is 0 Å². The van der Waals surface area contributed by atoms with E-state index in [2.05, 4.69) is 56.5 Å². The molecule has 0 saturated heterocycles. The third-order valence-corrected chi connectivity index (χ3v) is 8.03. The van der Waals surface area contributed by atoms with E-state index in [4.69, 9.17) is 0 Å². The first-order valence-corrected chi connectivity index (χ1v) is 13.1. The fourth-order valence-corrected chi connectivity index (χ4v) is 5.79. The largest absolute Gasteiger partial charge is 0.330 e. The van der Waals surface area contributed by atoms with Crippen molar-refractivity contribution in [3.05, 3.63) is 92.9 Å². The second-order valence-corrected chi connectivity index (χ2v) is 11.6. The third kappa shape index (κ3) is 4.76. The second-order valence-electron chi connectivity index (χ2n) is 10.6. The molecule has 5 rings (SSSR count). The van der Waals surface area contributed by atoms with Crippen LogP contribution in [0.5, 0.6) is 0 Å². The Morgan fingerprint density at radius 2 is 1.77 bits per heavy atom. The maximum atomic E-state index is 14.4. The molecular formula is C29H31FN2O2S. The first kappa shape index (κ1) is 23.7. The van der Waals surface area contributed by atoms with Gasteiger partial charge in [0.2, 0.25) is 5.91 Å². The molecule has 35 heavy (non-hydrogen) atoms.